The standard InChI is InChI=1S/C61H119NO5/c1-3-5-7-9-11-13-15-17-19-21-22-23-24-26-27-29-33-37-41-45-49-53-59(64)58(57-63)62-60(65)54-50-46-42-38-34-31-32-36-40-44-48-52-56-67-61(66)55-51-47-43-39-35-30-28-25-20-18-16-14-12-10-8-6-4-2/h49,53,58-59,63-64H,3-48,50-52,54-57H2,1-2H3,(H,62,65)/b53-49+. The number of nitrogens with one attached hydrogen (secondary N) is 1. The van der Waals surface area contributed by atoms with Gasteiger partial charge in [0.05, 0.1) is 25.4 Å². The lowest BCUT2D eigenvalue weighted by atomic mass is 10.0. The van der Waals surface area contributed by atoms with Crippen LogP contribution in [0.3, 0.4) is 0 Å². The van der Waals surface area contributed by atoms with Crippen LogP contribution in [-0.2, 0) is 14.3 Å². The lowest BCUT2D eigenvalue weighted by molar-refractivity contribution is -0.143. The van der Waals surface area contributed by atoms with Crippen LogP contribution in [0, 0.1) is 0 Å². The van der Waals surface area contributed by atoms with Crippen LogP contribution in [0.25, 0.3) is 0 Å². The number of allylic oxidation sites excluding steroid dienone is 1. The molecule has 0 saturated heterocycles. The van der Waals surface area contributed by atoms with E-state index in [1.807, 2.05) is 6.08 Å². The Bertz CT molecular complexity index is 1000. The second-order valence-electron chi connectivity index (χ2n) is 21.0. The Morgan fingerprint density at radius 2 is 0.687 bits per heavy atom. The molecule has 0 rings (SSSR count). The Hall–Kier alpha value is -1.40. The van der Waals surface area contributed by atoms with Crippen LogP contribution in [0.5, 0.6) is 0 Å². The molecule has 0 bridgehead atoms. The monoisotopic (exact) mass is 946 g/mol. The van der Waals surface area contributed by atoms with Crippen molar-refractivity contribution < 1.29 is 24.5 Å². The van der Waals surface area contributed by atoms with Crippen LogP contribution in [0.15, 0.2) is 12.2 Å². The van der Waals surface area contributed by atoms with Gasteiger partial charge >= 0.3 is 5.97 Å². The first kappa shape index (κ1) is 65.6. The van der Waals surface area contributed by atoms with Crippen LogP contribution in [0.4, 0.5) is 0 Å². The number of hydrogen-bond donors (Lipinski definition) is 3. The molecule has 6 nitrogen and oxygen atoms in total. The Balaban J connectivity index is 3.46. The van der Waals surface area contributed by atoms with Crippen molar-refractivity contribution in [2.24, 2.45) is 0 Å². The molecule has 398 valence electrons. The minimum atomic E-state index is -0.855. The van der Waals surface area contributed by atoms with E-state index in [1.165, 1.54) is 257 Å². The van der Waals surface area contributed by atoms with E-state index in [4.69, 9.17) is 4.74 Å². The van der Waals surface area contributed by atoms with Crippen LogP contribution >= 0.6 is 0 Å². The Morgan fingerprint density at radius 1 is 0.403 bits per heavy atom. The van der Waals surface area contributed by atoms with Crippen molar-refractivity contribution in [2.75, 3.05) is 13.2 Å². The summed E-state index contributed by atoms with van der Waals surface area (Å²) in [6.45, 7) is 4.90. The summed E-state index contributed by atoms with van der Waals surface area (Å²) < 4.78 is 5.48. The van der Waals surface area contributed by atoms with Gasteiger partial charge < -0.3 is 20.3 Å². The van der Waals surface area contributed by atoms with Crippen molar-refractivity contribution in [3.05, 3.63) is 12.2 Å². The van der Waals surface area contributed by atoms with Crippen LogP contribution < -0.4 is 5.32 Å². The first-order valence-corrected chi connectivity index (χ1v) is 30.5. The Labute approximate surface area is 419 Å². The molecule has 1 amide bonds. The summed E-state index contributed by atoms with van der Waals surface area (Å²) in [5.41, 5.74) is 0. The summed E-state index contributed by atoms with van der Waals surface area (Å²) in [5.74, 6) is -0.0853. The zero-order valence-electron chi connectivity index (χ0n) is 45.4. The molecule has 2 unspecified atom stereocenters. The van der Waals surface area contributed by atoms with E-state index in [-0.39, 0.29) is 18.5 Å². The lowest BCUT2D eigenvalue weighted by Gasteiger charge is -2.20. The van der Waals surface area contributed by atoms with Crippen molar-refractivity contribution >= 4 is 11.9 Å². The third-order valence-electron chi connectivity index (χ3n) is 14.3. The van der Waals surface area contributed by atoms with Gasteiger partial charge in [0.25, 0.3) is 0 Å². The van der Waals surface area contributed by atoms with Gasteiger partial charge in [-0.3, -0.25) is 9.59 Å². The molecule has 2 atom stereocenters. The first-order chi connectivity index (χ1) is 33.0. The highest BCUT2D eigenvalue weighted by atomic mass is 16.5. The molecule has 0 saturated carbocycles. The average molecular weight is 947 g/mol. The number of carbonyl (C=O) groups excluding carboxylic acids is 2. The number of aliphatic hydroxyl groups is 2. The topological polar surface area (TPSA) is 95.9 Å². The molecule has 0 aliphatic rings. The maximum Gasteiger partial charge on any atom is 0.305 e. The van der Waals surface area contributed by atoms with Gasteiger partial charge in [0.15, 0.2) is 0 Å². The zero-order chi connectivity index (χ0) is 48.6. The molecule has 67 heavy (non-hydrogen) atoms. The maximum absolute atomic E-state index is 12.5. The molecule has 0 aromatic heterocycles. The number of hydrogen-bond acceptors (Lipinski definition) is 5. The minimum absolute atomic E-state index is 0.00582. The van der Waals surface area contributed by atoms with Crippen molar-refractivity contribution in [3.63, 3.8) is 0 Å². The minimum Gasteiger partial charge on any atom is -0.466 e. The van der Waals surface area contributed by atoms with Crippen LogP contribution in [-0.4, -0.2) is 47.4 Å². The smallest absolute Gasteiger partial charge is 0.305 e. The molecule has 0 aliphatic carbocycles. The number of amides is 1. The number of carbonyl (C=O) groups is 2. The number of aliphatic hydroxyl groups excluding tert-OH is 2. The van der Waals surface area contributed by atoms with E-state index in [1.54, 1.807) is 6.08 Å². The molecular weight excluding hydrogens is 827 g/mol. The summed E-state index contributed by atoms with van der Waals surface area (Å²) in [7, 11) is 0. The first-order valence-electron chi connectivity index (χ1n) is 30.5. The van der Waals surface area contributed by atoms with Crippen molar-refractivity contribution in [1.82, 2.24) is 5.32 Å². The van der Waals surface area contributed by atoms with E-state index in [9.17, 15) is 19.8 Å². The van der Waals surface area contributed by atoms with E-state index in [2.05, 4.69) is 19.2 Å². The largest absolute Gasteiger partial charge is 0.466 e. The molecule has 3 N–H and O–H groups in total. The molecule has 0 aromatic carbocycles. The van der Waals surface area contributed by atoms with Gasteiger partial charge in [-0.2, -0.15) is 0 Å². The SMILES string of the molecule is CCCCCCCCCCCCCCCCCCCCC/C=C/C(O)C(CO)NC(=O)CCCCCCCCCCCCCCOC(=O)CCCCCCCCCCCCCCCCCCC. The quantitative estimate of drug-likeness (QED) is 0.0321. The average Bonchev–Trinajstić information content (AvgIpc) is 3.33. The molecule has 0 aromatic rings. The number of rotatable bonds is 57. The van der Waals surface area contributed by atoms with Crippen molar-refractivity contribution in [3.8, 4) is 0 Å². The van der Waals surface area contributed by atoms with Gasteiger partial charge in [0.1, 0.15) is 0 Å². The third-order valence-corrected chi connectivity index (χ3v) is 14.3. The van der Waals surface area contributed by atoms with Crippen molar-refractivity contribution in [2.45, 2.75) is 353 Å². The van der Waals surface area contributed by atoms with Crippen LogP contribution in [0.2, 0.25) is 0 Å². The number of esters is 1. The molecule has 0 spiro atoms. The predicted octanol–water partition coefficient (Wildman–Crippen LogP) is 18.9. The molecule has 0 heterocycles. The fourth-order valence-corrected chi connectivity index (χ4v) is 9.64. The van der Waals surface area contributed by atoms with E-state index < -0.39 is 12.1 Å². The fraction of sp³-hybridized carbons (Fsp3) is 0.934. The van der Waals surface area contributed by atoms with Gasteiger partial charge in [0, 0.05) is 12.8 Å². The summed E-state index contributed by atoms with van der Waals surface area (Å²) >= 11 is 0. The molecule has 6 heteroatoms. The number of unbranched alkanes of at least 4 members (excludes halogenated alkanes) is 46. The maximum atomic E-state index is 12.5. The van der Waals surface area contributed by atoms with E-state index >= 15 is 0 Å². The zero-order valence-corrected chi connectivity index (χ0v) is 45.4. The molecule has 0 fully saturated rings. The molecular formula is C61H119NO5. The highest BCUT2D eigenvalue weighted by Crippen LogP contribution is 2.18. The van der Waals surface area contributed by atoms with E-state index in [0.29, 0.717) is 19.4 Å². The summed E-state index contributed by atoms with van der Waals surface area (Å²) in [6, 6.07) is -0.639. The molecule has 0 radical (unpaired) electrons. The normalized spacial score (nSPS) is 12.6. The second-order valence-corrected chi connectivity index (χ2v) is 21.0. The molecule has 0 aliphatic heterocycles. The highest BCUT2D eigenvalue weighted by molar-refractivity contribution is 5.76. The van der Waals surface area contributed by atoms with Gasteiger partial charge in [-0.15, -0.1) is 0 Å². The summed E-state index contributed by atoms with van der Waals surface area (Å²) in [6.07, 6.45) is 68.1. The van der Waals surface area contributed by atoms with Crippen molar-refractivity contribution in [1.29, 1.82) is 0 Å². The summed E-state index contributed by atoms with van der Waals surface area (Å²) in [4.78, 5) is 24.6. The lowest BCUT2D eigenvalue weighted by Crippen LogP contribution is -2.45. The van der Waals surface area contributed by atoms with Gasteiger partial charge in [-0.05, 0) is 32.1 Å². The van der Waals surface area contributed by atoms with Crippen LogP contribution in [0.1, 0.15) is 341 Å². The fourth-order valence-electron chi connectivity index (χ4n) is 9.64. The Kier molecular flexibility index (Phi) is 56.0. The van der Waals surface area contributed by atoms with Gasteiger partial charge in [-0.25, -0.2) is 0 Å². The highest BCUT2D eigenvalue weighted by Gasteiger charge is 2.18. The predicted molar refractivity (Wildman–Crippen MR) is 292 cm³/mol. The van der Waals surface area contributed by atoms with E-state index in [0.717, 1.165) is 57.8 Å². The van der Waals surface area contributed by atoms with Gasteiger partial charge in [0.2, 0.25) is 5.91 Å². The van der Waals surface area contributed by atoms with Gasteiger partial charge in [-0.1, -0.05) is 309 Å². The summed E-state index contributed by atoms with van der Waals surface area (Å²) in [5, 5.41) is 23.2. The number of ether oxygens (including phenoxy) is 1. The second kappa shape index (κ2) is 57.2. The third kappa shape index (κ3) is 53.8. The Morgan fingerprint density at radius 3 is 1.01 bits per heavy atom.